The molecule has 0 fully saturated rings. The summed E-state index contributed by atoms with van der Waals surface area (Å²) in [4.78, 5) is 38.8. The van der Waals surface area contributed by atoms with E-state index >= 15 is 0 Å². The number of hydrogen-bond donors (Lipinski definition) is 0. The summed E-state index contributed by atoms with van der Waals surface area (Å²) in [5, 5.41) is 38.8. The Kier molecular flexibility index (Phi) is 53.6. The molecular weight excluding hydrogens is 772 g/mol. The molecule has 0 aliphatic heterocycles. The van der Waals surface area contributed by atoms with Crippen molar-refractivity contribution in [3.63, 3.8) is 0 Å². The van der Waals surface area contributed by atoms with Crippen molar-refractivity contribution < 1.29 is 87.7 Å². The van der Waals surface area contributed by atoms with Crippen molar-refractivity contribution in [3.05, 3.63) is 0 Å². The van der Waals surface area contributed by atoms with E-state index in [1.807, 2.05) is 0 Å². The van der Waals surface area contributed by atoms with Gasteiger partial charge in [-0.1, -0.05) is 105 Å². The van der Waals surface area contributed by atoms with Crippen LogP contribution in [0.4, 0.5) is 19.2 Å². The molecule has 0 aliphatic rings. The van der Waals surface area contributed by atoms with E-state index in [0.29, 0.717) is 0 Å². The molecule has 246 valence electrons. The first-order chi connectivity index (χ1) is 19.1. The van der Waals surface area contributed by atoms with Crippen LogP contribution in [0.2, 0.25) is 0 Å². The van der Waals surface area contributed by atoms with Crippen LogP contribution in [0.15, 0.2) is 0 Å². The predicted molar refractivity (Wildman–Crippen MR) is 142 cm³/mol. The van der Waals surface area contributed by atoms with Gasteiger partial charge in [-0.25, -0.2) is 0 Å². The van der Waals surface area contributed by atoms with Crippen LogP contribution in [0.3, 0.4) is 0 Å². The van der Waals surface area contributed by atoms with Gasteiger partial charge in [-0.05, 0) is 25.7 Å². The van der Waals surface area contributed by atoms with Gasteiger partial charge < -0.3 is 58.6 Å². The molecule has 12 nitrogen and oxygen atoms in total. The number of ether oxygens (including phenoxy) is 4. The monoisotopic (exact) mass is 818 g/mol. The summed E-state index contributed by atoms with van der Waals surface area (Å²) < 4.78 is 16.8. The fourth-order valence-corrected chi connectivity index (χ4v) is 2.74. The molecule has 0 saturated heterocycles. The zero-order valence-electron chi connectivity index (χ0n) is 25.4. The largest absolute Gasteiger partial charge is 0.550 e. The standard InChI is InChI=1S/4C7H14O3.Pu/c4*1-2-3-4-5-6-10-7(8)9;/h4*2-6H2,1H3,(H,8,9);/p-4. The average Bonchev–Trinajstić information content (AvgIpc) is 2.89. The molecule has 0 atom stereocenters. The maximum atomic E-state index is 9.70. The Hall–Kier alpha value is -1.93. The van der Waals surface area contributed by atoms with Crippen molar-refractivity contribution in [1.82, 2.24) is 0 Å². The molecule has 0 aromatic rings. The van der Waals surface area contributed by atoms with Crippen LogP contribution in [0.5, 0.6) is 0 Å². The van der Waals surface area contributed by atoms with Crippen molar-refractivity contribution in [1.29, 1.82) is 0 Å². The second kappa shape index (κ2) is 45.1. The second-order valence-electron chi connectivity index (χ2n) is 8.64. The minimum Gasteiger partial charge on any atom is -0.550 e. The van der Waals surface area contributed by atoms with E-state index in [9.17, 15) is 39.6 Å². The van der Waals surface area contributed by atoms with Crippen molar-refractivity contribution in [2.45, 2.75) is 130 Å². The average molecular weight is 825 g/mol. The van der Waals surface area contributed by atoms with E-state index in [1.165, 1.54) is 0 Å². The Morgan fingerprint density at radius 2 is 0.537 bits per heavy atom. The molecule has 0 spiro atoms. The van der Waals surface area contributed by atoms with E-state index in [0.717, 1.165) is 103 Å². The van der Waals surface area contributed by atoms with Crippen LogP contribution in [-0.2, 0) is 18.9 Å². The van der Waals surface area contributed by atoms with Crippen LogP contribution in [0, 0.1) is 29.2 Å². The molecule has 0 N–H and O–H groups in total. The van der Waals surface area contributed by atoms with Gasteiger partial charge in [0, 0.05) is 55.6 Å². The zero-order valence-corrected chi connectivity index (χ0v) is 28.8. The molecule has 0 unspecified atom stereocenters. The molecule has 13 heteroatoms. The maximum absolute atomic E-state index is 9.70. The molecule has 0 heterocycles. The molecule has 0 saturated carbocycles. The third kappa shape index (κ3) is 72.9. The smallest absolute Gasteiger partial charge is 0.251 e. The minimum absolute atomic E-state index is 0. The third-order valence-electron chi connectivity index (χ3n) is 4.87. The fraction of sp³-hybridized carbons (Fsp3) is 0.857. The minimum atomic E-state index is -1.42. The molecule has 0 rings (SSSR count). The number of hydrogen-bond acceptors (Lipinski definition) is 12. The molecule has 0 amide bonds. The summed E-state index contributed by atoms with van der Waals surface area (Å²) in [6.45, 7) is 9.51. The summed E-state index contributed by atoms with van der Waals surface area (Å²) in [5.74, 6) is 0. The van der Waals surface area contributed by atoms with E-state index in [4.69, 9.17) is 0 Å². The first kappa shape index (κ1) is 48.8. The van der Waals surface area contributed by atoms with E-state index in [1.54, 1.807) is 0 Å². The van der Waals surface area contributed by atoms with Crippen molar-refractivity contribution in [2.75, 3.05) is 26.4 Å². The molecule has 41 heavy (non-hydrogen) atoms. The van der Waals surface area contributed by atoms with Gasteiger partial charge in [0.15, 0.2) is 0 Å². The Bertz CT molecular complexity index is 466. The normalized spacial score (nSPS) is 9.07. The fourth-order valence-electron chi connectivity index (χ4n) is 2.74. The Morgan fingerprint density at radius 3 is 0.659 bits per heavy atom. The maximum Gasteiger partial charge on any atom is 0.251 e. The zero-order chi connectivity index (χ0) is 31.3. The van der Waals surface area contributed by atoms with Crippen LogP contribution < -0.4 is 20.4 Å². The van der Waals surface area contributed by atoms with Crippen LogP contribution in [-0.4, -0.2) is 51.0 Å². The van der Waals surface area contributed by atoms with Gasteiger partial charge in [0.1, 0.15) is 0 Å². The summed E-state index contributed by atoms with van der Waals surface area (Å²) in [5.41, 5.74) is 0. The number of carbonyl (C=O) groups is 4. The van der Waals surface area contributed by atoms with Crippen molar-refractivity contribution in [2.24, 2.45) is 0 Å². The first-order valence-electron chi connectivity index (χ1n) is 14.4. The second-order valence-corrected chi connectivity index (χ2v) is 8.64. The van der Waals surface area contributed by atoms with Crippen molar-refractivity contribution >= 4 is 24.6 Å². The first-order valence-corrected chi connectivity index (χ1v) is 14.4. The summed E-state index contributed by atoms with van der Waals surface area (Å²) in [7, 11) is 0. The van der Waals surface area contributed by atoms with E-state index in [2.05, 4.69) is 46.6 Å². The van der Waals surface area contributed by atoms with Gasteiger partial charge in [0.2, 0.25) is 0 Å². The van der Waals surface area contributed by atoms with Gasteiger partial charge in [0.25, 0.3) is 24.6 Å². The quantitative estimate of drug-likeness (QED) is 0.0982. The Morgan fingerprint density at radius 1 is 0.366 bits per heavy atom. The van der Waals surface area contributed by atoms with Crippen LogP contribution in [0.25, 0.3) is 0 Å². The SMILES string of the molecule is CCCCCCOC(=O)[O-].CCCCCCOC(=O)[O-].CCCCCCOC(=O)[O-].CCCCCCOC(=O)[O-].[Pu]. The number of unbranched alkanes of at least 4 members (excludes halogenated alkanes) is 12. The van der Waals surface area contributed by atoms with Gasteiger partial charge in [0.05, 0.1) is 0 Å². The molecule has 0 radical (unpaired) electrons. The van der Waals surface area contributed by atoms with Gasteiger partial charge in [-0.15, -0.1) is 0 Å². The Balaban J connectivity index is -0.000000139. The summed E-state index contributed by atoms with van der Waals surface area (Å²) >= 11 is 0. The van der Waals surface area contributed by atoms with Gasteiger partial charge >= 0.3 is 0 Å². The third-order valence-corrected chi connectivity index (χ3v) is 4.87. The predicted octanol–water partition coefficient (Wildman–Crippen LogP) is 3.71. The Labute approximate surface area is 268 Å². The molecule has 0 aromatic heterocycles. The summed E-state index contributed by atoms with van der Waals surface area (Å²) in [6.07, 6.45) is 10.8. The molecule has 0 aromatic carbocycles. The van der Waals surface area contributed by atoms with Crippen LogP contribution in [0.1, 0.15) is 130 Å². The van der Waals surface area contributed by atoms with Gasteiger partial charge in [-0.3, -0.25) is 0 Å². The molecular formula is C28H52O12Pu-4. The topological polar surface area (TPSA) is 197 Å². The van der Waals surface area contributed by atoms with E-state index in [-0.39, 0.29) is 55.6 Å². The van der Waals surface area contributed by atoms with Crippen molar-refractivity contribution in [3.8, 4) is 0 Å². The number of rotatable bonds is 20. The van der Waals surface area contributed by atoms with Gasteiger partial charge in [-0.2, -0.15) is 0 Å². The molecule has 0 bridgehead atoms. The van der Waals surface area contributed by atoms with Crippen LogP contribution >= 0.6 is 0 Å². The molecule has 0 aliphatic carbocycles. The number of carbonyl (C=O) groups excluding carboxylic acids is 4. The summed E-state index contributed by atoms with van der Waals surface area (Å²) in [6, 6.07) is 0. The van der Waals surface area contributed by atoms with E-state index < -0.39 is 24.6 Å². The number of carboxylic acid groups (broad SMARTS) is 4.